The molecule has 1 aliphatic rings. The summed E-state index contributed by atoms with van der Waals surface area (Å²) in [7, 11) is 0. The van der Waals surface area contributed by atoms with Gasteiger partial charge in [0.05, 0.1) is 6.54 Å². The van der Waals surface area contributed by atoms with Crippen molar-refractivity contribution < 1.29 is 4.39 Å². The highest BCUT2D eigenvalue weighted by atomic mass is 19.1. The largest absolute Gasteiger partial charge is 0.292 e. The summed E-state index contributed by atoms with van der Waals surface area (Å²) < 4.78 is 12.8. The molecule has 1 saturated heterocycles. The molecule has 0 N–H and O–H groups in total. The zero-order valence-electron chi connectivity index (χ0n) is 18.7. The minimum Gasteiger partial charge on any atom is -0.292 e. The second kappa shape index (κ2) is 21.3. The van der Waals surface area contributed by atoms with E-state index in [9.17, 15) is 4.39 Å². The van der Waals surface area contributed by atoms with E-state index in [1.807, 2.05) is 26.0 Å². The van der Waals surface area contributed by atoms with Crippen molar-refractivity contribution in [3.63, 3.8) is 0 Å². The Balaban J connectivity index is 0. The summed E-state index contributed by atoms with van der Waals surface area (Å²) in [6, 6.07) is 6.76. The molecule has 0 bridgehead atoms. The number of likely N-dealkylation sites (tertiary alicyclic amines) is 1. The van der Waals surface area contributed by atoms with Crippen molar-refractivity contribution in [3.05, 3.63) is 47.3 Å². The zero-order valence-corrected chi connectivity index (χ0v) is 18.7. The normalized spacial score (nSPS) is 14.5. The van der Waals surface area contributed by atoms with E-state index in [1.54, 1.807) is 6.92 Å². The molecule has 1 heterocycles. The molecule has 1 aliphatic heterocycles. The molecule has 0 saturated carbocycles. The van der Waals surface area contributed by atoms with Gasteiger partial charge in [-0.15, -0.1) is 18.8 Å². The van der Waals surface area contributed by atoms with Gasteiger partial charge in [-0.1, -0.05) is 70.2 Å². The molecule has 2 heteroatoms. The Hall–Kier alpha value is -2.03. The molecule has 1 aromatic carbocycles. The van der Waals surface area contributed by atoms with E-state index in [0.29, 0.717) is 0 Å². The molecule has 0 spiro atoms. The summed E-state index contributed by atoms with van der Waals surface area (Å²) in [6.45, 7) is 12.9. The van der Waals surface area contributed by atoms with Crippen LogP contribution >= 0.6 is 0 Å². The van der Waals surface area contributed by atoms with Crippen LogP contribution in [-0.4, -0.2) is 24.5 Å². The van der Waals surface area contributed by atoms with Crippen LogP contribution in [-0.2, 0) is 6.42 Å². The van der Waals surface area contributed by atoms with Crippen LogP contribution < -0.4 is 0 Å². The van der Waals surface area contributed by atoms with Crippen molar-refractivity contribution in [1.29, 1.82) is 0 Å². The fourth-order valence-corrected chi connectivity index (χ4v) is 2.44. The summed E-state index contributed by atoms with van der Waals surface area (Å²) in [5.41, 5.74) is 2.67. The van der Waals surface area contributed by atoms with Gasteiger partial charge in [0, 0.05) is 6.54 Å². The molecule has 28 heavy (non-hydrogen) atoms. The van der Waals surface area contributed by atoms with Crippen molar-refractivity contribution in [2.45, 2.75) is 73.1 Å². The number of halogens is 1. The number of terminal acetylenes is 2. The van der Waals surface area contributed by atoms with E-state index >= 15 is 0 Å². The topological polar surface area (TPSA) is 3.24 Å². The number of hydrogen-bond acceptors (Lipinski definition) is 1. The first-order valence-corrected chi connectivity index (χ1v) is 10.6. The van der Waals surface area contributed by atoms with Crippen LogP contribution in [0.5, 0.6) is 0 Å². The smallest absolute Gasteiger partial charge is 0.123 e. The van der Waals surface area contributed by atoms with Gasteiger partial charge in [0.15, 0.2) is 0 Å². The third-order valence-electron chi connectivity index (χ3n) is 4.08. The van der Waals surface area contributed by atoms with Crippen molar-refractivity contribution in [2.75, 3.05) is 19.6 Å². The van der Waals surface area contributed by atoms with Gasteiger partial charge in [0.2, 0.25) is 0 Å². The third kappa shape index (κ3) is 16.2. The lowest BCUT2D eigenvalue weighted by Gasteiger charge is -2.15. The summed E-state index contributed by atoms with van der Waals surface area (Å²) in [6.07, 6.45) is 19.2. The highest BCUT2D eigenvalue weighted by molar-refractivity contribution is 5.20. The number of hydrogen-bond donors (Lipinski definition) is 0. The Bertz CT molecular complexity index is 570. The minimum atomic E-state index is -0.171. The summed E-state index contributed by atoms with van der Waals surface area (Å²) >= 11 is 0. The van der Waals surface area contributed by atoms with E-state index in [-0.39, 0.29) is 5.82 Å². The molecule has 0 unspecified atom stereocenters. The highest BCUT2D eigenvalue weighted by Gasteiger charge is 2.10. The molecule has 1 fully saturated rings. The average Bonchev–Trinajstić information content (AvgIpc) is 2.95. The van der Waals surface area contributed by atoms with Gasteiger partial charge in [-0.2, -0.15) is 0 Å². The van der Waals surface area contributed by atoms with Crippen LogP contribution in [0.2, 0.25) is 0 Å². The maximum Gasteiger partial charge on any atom is 0.123 e. The number of allylic oxidation sites excluding steroid dienone is 1. The molecular weight excluding hydrogens is 345 g/mol. The molecule has 1 nitrogen and oxygen atoms in total. The Morgan fingerprint density at radius 1 is 1.04 bits per heavy atom. The van der Waals surface area contributed by atoms with Gasteiger partial charge in [0.1, 0.15) is 5.82 Å². The van der Waals surface area contributed by atoms with E-state index in [4.69, 9.17) is 6.42 Å². The maximum atomic E-state index is 12.8. The predicted molar refractivity (Wildman–Crippen MR) is 124 cm³/mol. The molecule has 0 radical (unpaired) electrons. The lowest BCUT2D eigenvalue weighted by Crippen LogP contribution is -2.24. The molecule has 0 aromatic heterocycles. The third-order valence-corrected chi connectivity index (χ3v) is 4.08. The maximum absolute atomic E-state index is 12.8. The van der Waals surface area contributed by atoms with Gasteiger partial charge in [-0.25, -0.2) is 4.39 Å². The van der Waals surface area contributed by atoms with E-state index < -0.39 is 0 Å². The number of unbranched alkanes of at least 4 members (excludes halogenated alkanes) is 1. The molecule has 2 rings (SSSR count). The fraction of sp³-hybridized carbons (Fsp3) is 0.538. The molecule has 1 aromatic rings. The van der Waals surface area contributed by atoms with Crippen LogP contribution in [0.15, 0.2) is 35.9 Å². The van der Waals surface area contributed by atoms with E-state index in [2.05, 4.69) is 43.1 Å². The lowest BCUT2D eigenvalue weighted by atomic mass is 10.0. The zero-order chi connectivity index (χ0) is 21.6. The van der Waals surface area contributed by atoms with Crippen molar-refractivity contribution in [3.8, 4) is 24.7 Å². The van der Waals surface area contributed by atoms with Gasteiger partial charge < -0.3 is 0 Å². The van der Waals surface area contributed by atoms with Crippen LogP contribution in [0.1, 0.15) is 72.3 Å². The highest BCUT2D eigenvalue weighted by Crippen LogP contribution is 2.17. The van der Waals surface area contributed by atoms with Gasteiger partial charge in [0.25, 0.3) is 0 Å². The van der Waals surface area contributed by atoms with Crippen LogP contribution in [0.4, 0.5) is 4.39 Å². The van der Waals surface area contributed by atoms with E-state index in [1.165, 1.54) is 42.5 Å². The molecule has 156 valence electrons. The first-order valence-electron chi connectivity index (χ1n) is 10.6. The SMILES string of the molecule is C#CC.C#CCN1CCC/C(=C/Cc2ccc(F)cc2)CC1.CC.CCCC. The van der Waals surface area contributed by atoms with Crippen LogP contribution in [0.3, 0.4) is 0 Å². The number of nitrogens with zero attached hydrogens (tertiary/aromatic N) is 1. The monoisotopic (exact) mass is 385 g/mol. The Morgan fingerprint density at radius 3 is 2.11 bits per heavy atom. The first kappa shape index (κ1) is 28.2. The Labute approximate surface area is 174 Å². The standard InChI is InChI=1S/C17H20FN.C4H10.C3H4.C2H6/c1-2-12-19-13-3-4-15(11-14-19)5-6-16-7-9-17(18)10-8-16;1-3-4-2;1-3-2;1-2/h1,5,7-10H,3-4,6,11-14H2;3-4H2,1-2H3;1H,2H3;1-2H3/b15-5-;;;. The van der Waals surface area contributed by atoms with Crippen LogP contribution in [0.25, 0.3) is 0 Å². The second-order valence-electron chi connectivity index (χ2n) is 6.32. The molecule has 0 atom stereocenters. The van der Waals surface area contributed by atoms with Crippen molar-refractivity contribution >= 4 is 0 Å². The average molecular weight is 386 g/mol. The number of rotatable bonds is 4. The summed E-state index contributed by atoms with van der Waals surface area (Å²) in [4.78, 5) is 2.33. The molecule has 0 amide bonds. The first-order chi connectivity index (χ1) is 13.6. The quantitative estimate of drug-likeness (QED) is 0.403. The van der Waals surface area contributed by atoms with E-state index in [0.717, 1.165) is 38.9 Å². The number of benzene rings is 1. The van der Waals surface area contributed by atoms with Crippen molar-refractivity contribution in [2.24, 2.45) is 0 Å². The Kier molecular flexibility index (Phi) is 21.4. The summed E-state index contributed by atoms with van der Waals surface area (Å²) in [5.74, 6) is 4.79. The van der Waals surface area contributed by atoms with Gasteiger partial charge in [-0.05, 0) is 56.8 Å². The molecule has 0 aliphatic carbocycles. The second-order valence-corrected chi connectivity index (χ2v) is 6.32. The van der Waals surface area contributed by atoms with Crippen LogP contribution in [0, 0.1) is 30.5 Å². The van der Waals surface area contributed by atoms with Gasteiger partial charge in [-0.3, -0.25) is 4.90 Å². The molecular formula is C26H40FN. The van der Waals surface area contributed by atoms with Crippen molar-refractivity contribution in [1.82, 2.24) is 4.90 Å². The predicted octanol–water partition coefficient (Wildman–Crippen LogP) is 6.89. The lowest BCUT2D eigenvalue weighted by molar-refractivity contribution is 0.322. The Morgan fingerprint density at radius 2 is 1.61 bits per heavy atom. The fourth-order valence-electron chi connectivity index (χ4n) is 2.44. The minimum absolute atomic E-state index is 0.171. The summed E-state index contributed by atoms with van der Waals surface area (Å²) in [5, 5.41) is 0. The van der Waals surface area contributed by atoms with Gasteiger partial charge >= 0.3 is 0 Å².